The van der Waals surface area contributed by atoms with Gasteiger partial charge in [-0.25, -0.2) is 9.97 Å². The normalized spacial score (nSPS) is 19.0. The molecule has 0 aliphatic carbocycles. The van der Waals surface area contributed by atoms with Crippen LogP contribution in [0, 0.1) is 0 Å². The Morgan fingerprint density at radius 1 is 0.962 bits per heavy atom. The maximum absolute atomic E-state index is 12.3. The van der Waals surface area contributed by atoms with Crippen LogP contribution in [0.25, 0.3) is 0 Å². The smallest absolute Gasteiger partial charge is 0.292 e. The van der Waals surface area contributed by atoms with Gasteiger partial charge in [0, 0.05) is 64.5 Å². The first-order valence-corrected chi connectivity index (χ1v) is 8.91. The van der Waals surface area contributed by atoms with Gasteiger partial charge in [0.1, 0.15) is 18.0 Å². The molecule has 0 aromatic carbocycles. The number of aromatic nitrogens is 3. The molecular formula is C17H23N7O2. The molecule has 26 heavy (non-hydrogen) atoms. The highest BCUT2D eigenvalue weighted by Crippen LogP contribution is 2.20. The van der Waals surface area contributed by atoms with E-state index in [0.717, 1.165) is 50.9 Å². The Morgan fingerprint density at radius 2 is 1.58 bits per heavy atom. The zero-order valence-electron chi connectivity index (χ0n) is 14.9. The zero-order valence-corrected chi connectivity index (χ0v) is 14.9. The topological polar surface area (TPSA) is 81.8 Å². The largest absolute Gasteiger partial charge is 0.354 e. The highest BCUT2D eigenvalue weighted by molar-refractivity contribution is 5.91. The summed E-state index contributed by atoms with van der Waals surface area (Å²) in [5.41, 5.74) is 0. The standard InChI is InChI=1S/C17H23N7O2/c1-21-4-6-22(7-5-21)15-12-16(19-13-18-15)23-8-10-24(11-9-23)17(25)14-2-3-20-26-14/h2-3,12-13H,4-11H2,1H3. The number of carbonyl (C=O) groups excluding carboxylic acids is 1. The molecule has 0 unspecified atom stereocenters. The summed E-state index contributed by atoms with van der Waals surface area (Å²) in [5.74, 6) is 2.07. The van der Waals surface area contributed by atoms with E-state index in [2.05, 4.69) is 42.9 Å². The van der Waals surface area contributed by atoms with Gasteiger partial charge >= 0.3 is 0 Å². The SMILES string of the molecule is CN1CCN(c2cc(N3CCN(C(=O)c4ccno4)CC3)ncn2)CC1. The molecule has 9 nitrogen and oxygen atoms in total. The van der Waals surface area contributed by atoms with Gasteiger partial charge in [0.15, 0.2) is 0 Å². The third-order valence-corrected chi connectivity index (χ3v) is 5.00. The van der Waals surface area contributed by atoms with Gasteiger partial charge in [-0.3, -0.25) is 4.79 Å². The molecule has 2 aliphatic rings. The fraction of sp³-hybridized carbons (Fsp3) is 0.529. The van der Waals surface area contributed by atoms with Crippen LogP contribution in [0.1, 0.15) is 10.6 Å². The van der Waals surface area contributed by atoms with Crippen LogP contribution in [0.4, 0.5) is 11.6 Å². The van der Waals surface area contributed by atoms with E-state index < -0.39 is 0 Å². The van der Waals surface area contributed by atoms with E-state index >= 15 is 0 Å². The Hall–Kier alpha value is -2.68. The summed E-state index contributed by atoms with van der Waals surface area (Å²) in [7, 11) is 2.14. The first kappa shape index (κ1) is 16.8. The highest BCUT2D eigenvalue weighted by Gasteiger charge is 2.25. The molecule has 0 bridgehead atoms. The molecule has 2 fully saturated rings. The summed E-state index contributed by atoms with van der Waals surface area (Å²) >= 11 is 0. The van der Waals surface area contributed by atoms with Crippen molar-refractivity contribution in [1.82, 2.24) is 24.9 Å². The number of hydrogen-bond acceptors (Lipinski definition) is 8. The Labute approximate surface area is 152 Å². The zero-order chi connectivity index (χ0) is 17.9. The van der Waals surface area contributed by atoms with Crippen LogP contribution in [0.15, 0.2) is 29.2 Å². The fourth-order valence-electron chi connectivity index (χ4n) is 3.34. The summed E-state index contributed by atoms with van der Waals surface area (Å²) in [6.07, 6.45) is 3.12. The van der Waals surface area contributed by atoms with Crippen LogP contribution < -0.4 is 9.80 Å². The van der Waals surface area contributed by atoms with Crippen molar-refractivity contribution in [2.45, 2.75) is 0 Å². The molecule has 0 spiro atoms. The van der Waals surface area contributed by atoms with Gasteiger partial charge < -0.3 is 24.1 Å². The Balaban J connectivity index is 1.38. The van der Waals surface area contributed by atoms with Crippen molar-refractivity contribution in [3.63, 3.8) is 0 Å². The molecule has 2 aromatic rings. The molecule has 2 saturated heterocycles. The number of anilines is 2. The minimum Gasteiger partial charge on any atom is -0.354 e. The summed E-state index contributed by atoms with van der Waals surface area (Å²) in [6, 6.07) is 3.65. The quantitative estimate of drug-likeness (QED) is 0.769. The van der Waals surface area contributed by atoms with E-state index in [1.165, 1.54) is 6.20 Å². The maximum Gasteiger partial charge on any atom is 0.292 e. The van der Waals surface area contributed by atoms with Crippen molar-refractivity contribution >= 4 is 17.5 Å². The summed E-state index contributed by atoms with van der Waals surface area (Å²) < 4.78 is 4.97. The highest BCUT2D eigenvalue weighted by atomic mass is 16.5. The molecule has 4 rings (SSSR count). The van der Waals surface area contributed by atoms with Gasteiger partial charge in [0.2, 0.25) is 5.76 Å². The van der Waals surface area contributed by atoms with Crippen molar-refractivity contribution in [3.8, 4) is 0 Å². The van der Waals surface area contributed by atoms with E-state index in [1.54, 1.807) is 17.3 Å². The number of nitrogens with zero attached hydrogens (tertiary/aromatic N) is 7. The number of piperazine rings is 2. The Bertz CT molecular complexity index is 735. The Morgan fingerprint density at radius 3 is 2.15 bits per heavy atom. The van der Waals surface area contributed by atoms with E-state index in [1.807, 2.05) is 0 Å². The van der Waals surface area contributed by atoms with E-state index in [0.29, 0.717) is 13.1 Å². The van der Waals surface area contributed by atoms with Crippen LogP contribution in [0.3, 0.4) is 0 Å². The number of hydrogen-bond donors (Lipinski definition) is 0. The molecule has 9 heteroatoms. The van der Waals surface area contributed by atoms with Gasteiger partial charge in [-0.05, 0) is 7.05 Å². The summed E-state index contributed by atoms with van der Waals surface area (Å²) in [6.45, 7) is 6.78. The third-order valence-electron chi connectivity index (χ3n) is 5.00. The van der Waals surface area contributed by atoms with Crippen molar-refractivity contribution in [3.05, 3.63) is 30.4 Å². The molecule has 138 valence electrons. The average Bonchev–Trinajstić information content (AvgIpc) is 3.23. The van der Waals surface area contributed by atoms with E-state index in [4.69, 9.17) is 4.52 Å². The number of rotatable bonds is 3. The van der Waals surface area contributed by atoms with Crippen LogP contribution in [0.5, 0.6) is 0 Å². The predicted molar refractivity (Wildman–Crippen MR) is 96.4 cm³/mol. The predicted octanol–water partition coefficient (Wildman–Crippen LogP) is 0.179. The summed E-state index contributed by atoms with van der Waals surface area (Å²) in [5, 5.41) is 3.60. The number of likely N-dealkylation sites (N-methyl/N-ethyl adjacent to an activating group) is 1. The second-order valence-corrected chi connectivity index (χ2v) is 6.68. The maximum atomic E-state index is 12.3. The first-order valence-electron chi connectivity index (χ1n) is 8.91. The fourth-order valence-corrected chi connectivity index (χ4v) is 3.34. The van der Waals surface area contributed by atoms with Gasteiger partial charge in [0.25, 0.3) is 5.91 Å². The molecule has 2 aromatic heterocycles. The number of carbonyl (C=O) groups is 1. The van der Waals surface area contributed by atoms with Crippen LogP contribution in [0.2, 0.25) is 0 Å². The lowest BCUT2D eigenvalue weighted by atomic mass is 10.2. The molecule has 0 N–H and O–H groups in total. The van der Waals surface area contributed by atoms with Gasteiger partial charge in [-0.2, -0.15) is 0 Å². The minimum atomic E-state index is -0.108. The average molecular weight is 357 g/mol. The lowest BCUT2D eigenvalue weighted by Crippen LogP contribution is -2.49. The molecule has 4 heterocycles. The number of amides is 1. The van der Waals surface area contributed by atoms with Gasteiger partial charge in [0.05, 0.1) is 6.20 Å². The lowest BCUT2D eigenvalue weighted by Gasteiger charge is -2.36. The molecule has 0 saturated carbocycles. The van der Waals surface area contributed by atoms with Crippen LogP contribution in [-0.4, -0.2) is 90.2 Å². The minimum absolute atomic E-state index is 0.108. The molecule has 0 radical (unpaired) electrons. The molecular weight excluding hydrogens is 334 g/mol. The first-order chi connectivity index (χ1) is 12.7. The molecule has 0 atom stereocenters. The van der Waals surface area contributed by atoms with Crippen LogP contribution >= 0.6 is 0 Å². The van der Waals surface area contributed by atoms with Crippen molar-refractivity contribution < 1.29 is 9.32 Å². The van der Waals surface area contributed by atoms with Gasteiger partial charge in [-0.1, -0.05) is 5.16 Å². The van der Waals surface area contributed by atoms with Gasteiger partial charge in [-0.15, -0.1) is 0 Å². The third kappa shape index (κ3) is 3.48. The van der Waals surface area contributed by atoms with Crippen molar-refractivity contribution in [2.24, 2.45) is 0 Å². The molecule has 1 amide bonds. The van der Waals surface area contributed by atoms with Crippen molar-refractivity contribution in [2.75, 3.05) is 69.2 Å². The monoisotopic (exact) mass is 357 g/mol. The van der Waals surface area contributed by atoms with Crippen LogP contribution in [-0.2, 0) is 0 Å². The summed E-state index contributed by atoms with van der Waals surface area (Å²) in [4.78, 5) is 29.8. The Kier molecular flexibility index (Phi) is 4.70. The van der Waals surface area contributed by atoms with E-state index in [9.17, 15) is 4.79 Å². The second kappa shape index (κ2) is 7.28. The lowest BCUT2D eigenvalue weighted by molar-refractivity contribution is 0.0704. The molecule has 2 aliphatic heterocycles. The van der Waals surface area contributed by atoms with Crippen molar-refractivity contribution in [1.29, 1.82) is 0 Å². The van der Waals surface area contributed by atoms with E-state index in [-0.39, 0.29) is 11.7 Å². The second-order valence-electron chi connectivity index (χ2n) is 6.68.